The number of hydrogen-bond acceptors (Lipinski definition) is 1. The van der Waals surface area contributed by atoms with Gasteiger partial charge in [0.25, 0.3) is 0 Å². The highest BCUT2D eigenvalue weighted by atomic mass is 16.1. The second kappa shape index (κ2) is 9.70. The molecule has 0 aromatic heterocycles. The fraction of sp³-hybridized carbons (Fsp3) is 0.643. The highest BCUT2D eigenvalue weighted by molar-refractivity contribution is 5.54. The van der Waals surface area contributed by atoms with Crippen LogP contribution >= 0.6 is 0 Å². The summed E-state index contributed by atoms with van der Waals surface area (Å²) in [5.74, 6) is 0.130. The fourth-order valence-electron chi connectivity index (χ4n) is 1.54. The van der Waals surface area contributed by atoms with Crippen molar-refractivity contribution in [3.63, 3.8) is 0 Å². The molecule has 0 heterocycles. The Labute approximate surface area is 94.3 Å². The van der Waals surface area contributed by atoms with Crippen molar-refractivity contribution in [1.82, 2.24) is 0 Å². The van der Waals surface area contributed by atoms with Crippen molar-refractivity contribution in [2.24, 2.45) is 5.92 Å². The minimum Gasteiger partial charge on any atom is -0.303 e. The molecular weight excluding hydrogens is 184 g/mol. The lowest BCUT2D eigenvalue weighted by atomic mass is 9.99. The van der Waals surface area contributed by atoms with Gasteiger partial charge < -0.3 is 4.79 Å². The predicted molar refractivity (Wildman–Crippen MR) is 66.9 cm³/mol. The molecule has 15 heavy (non-hydrogen) atoms. The van der Waals surface area contributed by atoms with Crippen molar-refractivity contribution < 1.29 is 4.79 Å². The number of rotatable bonds is 9. The Balaban J connectivity index is 3.60. The van der Waals surface area contributed by atoms with E-state index in [0.717, 1.165) is 31.1 Å². The number of hydrogen-bond donors (Lipinski definition) is 0. The van der Waals surface area contributed by atoms with Crippen molar-refractivity contribution in [2.75, 3.05) is 0 Å². The second-order valence-electron chi connectivity index (χ2n) is 4.26. The molecule has 0 aliphatic rings. The third-order valence-corrected chi connectivity index (χ3v) is 2.38. The van der Waals surface area contributed by atoms with E-state index in [-0.39, 0.29) is 5.92 Å². The van der Waals surface area contributed by atoms with E-state index < -0.39 is 0 Å². The van der Waals surface area contributed by atoms with Gasteiger partial charge in [-0.2, -0.15) is 0 Å². The lowest BCUT2D eigenvalue weighted by Crippen LogP contribution is -2.00. The molecule has 0 aliphatic carbocycles. The maximum Gasteiger partial charge on any atom is 0.123 e. The summed E-state index contributed by atoms with van der Waals surface area (Å²) in [4.78, 5) is 10.7. The first-order valence-corrected chi connectivity index (χ1v) is 5.95. The lowest BCUT2D eigenvalue weighted by molar-refractivity contribution is -0.111. The predicted octanol–water partition coefficient (Wildman–Crippen LogP) is 4.29. The quantitative estimate of drug-likeness (QED) is 0.314. The Hall–Kier alpha value is -0.850. The zero-order chi connectivity index (χ0) is 11.5. The molecule has 1 atom stereocenters. The summed E-state index contributed by atoms with van der Waals surface area (Å²) in [6, 6.07) is 0. The van der Waals surface area contributed by atoms with Gasteiger partial charge in [0, 0.05) is 5.92 Å². The first-order chi connectivity index (χ1) is 7.20. The third-order valence-electron chi connectivity index (χ3n) is 2.38. The first kappa shape index (κ1) is 14.2. The zero-order valence-electron chi connectivity index (χ0n) is 10.2. The first-order valence-electron chi connectivity index (χ1n) is 5.95. The molecule has 0 aliphatic heterocycles. The van der Waals surface area contributed by atoms with E-state index in [9.17, 15) is 4.79 Å². The average molecular weight is 208 g/mol. The van der Waals surface area contributed by atoms with Gasteiger partial charge in [0.2, 0.25) is 0 Å². The van der Waals surface area contributed by atoms with Gasteiger partial charge in [-0.1, -0.05) is 37.5 Å². The van der Waals surface area contributed by atoms with Crippen LogP contribution in [0.25, 0.3) is 0 Å². The van der Waals surface area contributed by atoms with Crippen LogP contribution in [0.5, 0.6) is 0 Å². The van der Waals surface area contributed by atoms with Gasteiger partial charge in [-0.05, 0) is 32.6 Å². The van der Waals surface area contributed by atoms with Crippen molar-refractivity contribution in [3.05, 3.63) is 24.3 Å². The van der Waals surface area contributed by atoms with Crippen LogP contribution in [0.4, 0.5) is 0 Å². The molecule has 0 amide bonds. The number of aldehydes is 1. The molecule has 0 fully saturated rings. The van der Waals surface area contributed by atoms with Crippen LogP contribution in [0.1, 0.15) is 52.4 Å². The van der Waals surface area contributed by atoms with Gasteiger partial charge in [-0.15, -0.1) is 6.58 Å². The van der Waals surface area contributed by atoms with E-state index in [1.54, 1.807) is 0 Å². The Morgan fingerprint density at radius 1 is 1.33 bits per heavy atom. The number of carbonyl (C=O) groups is 1. The Kier molecular flexibility index (Phi) is 9.15. The molecule has 1 unspecified atom stereocenters. The smallest absolute Gasteiger partial charge is 0.123 e. The van der Waals surface area contributed by atoms with Crippen LogP contribution in [-0.4, -0.2) is 6.29 Å². The van der Waals surface area contributed by atoms with E-state index in [1.165, 1.54) is 19.3 Å². The van der Waals surface area contributed by atoms with Gasteiger partial charge >= 0.3 is 0 Å². The van der Waals surface area contributed by atoms with Crippen LogP contribution in [0.2, 0.25) is 0 Å². The average Bonchev–Trinajstić information content (AvgIpc) is 2.20. The summed E-state index contributed by atoms with van der Waals surface area (Å²) in [6.07, 6.45) is 12.0. The summed E-state index contributed by atoms with van der Waals surface area (Å²) in [5.41, 5.74) is 1.09. The summed E-state index contributed by atoms with van der Waals surface area (Å²) >= 11 is 0. The molecular formula is C14H24O. The number of allylic oxidation sites excluding steroid dienone is 3. The van der Waals surface area contributed by atoms with E-state index >= 15 is 0 Å². The Bertz CT molecular complexity index is 203. The van der Waals surface area contributed by atoms with Gasteiger partial charge in [-0.25, -0.2) is 0 Å². The molecule has 0 saturated carbocycles. The standard InChI is InChI=1S/C14H24O/c1-4-5-6-7-8-9-10-14(12-15)11-13(2)3/h8-9,12,14H,2,4-7,10-11H2,1,3H3/b9-8+. The van der Waals surface area contributed by atoms with Crippen molar-refractivity contribution >= 4 is 6.29 Å². The summed E-state index contributed by atoms with van der Waals surface area (Å²) < 4.78 is 0. The SMILES string of the molecule is C=C(C)CC(C=O)C/C=C/CCCCC. The molecule has 1 nitrogen and oxygen atoms in total. The Morgan fingerprint density at radius 3 is 2.60 bits per heavy atom. The van der Waals surface area contributed by atoms with Gasteiger partial charge in [0.05, 0.1) is 0 Å². The highest BCUT2D eigenvalue weighted by Crippen LogP contribution is 2.12. The minimum atomic E-state index is 0.130. The van der Waals surface area contributed by atoms with E-state index in [4.69, 9.17) is 0 Å². The van der Waals surface area contributed by atoms with Crippen LogP contribution in [0.3, 0.4) is 0 Å². The molecule has 0 N–H and O–H groups in total. The van der Waals surface area contributed by atoms with Crippen LogP contribution in [0.15, 0.2) is 24.3 Å². The van der Waals surface area contributed by atoms with Crippen molar-refractivity contribution in [2.45, 2.75) is 52.4 Å². The van der Waals surface area contributed by atoms with E-state index in [1.807, 2.05) is 6.92 Å². The number of unbranched alkanes of at least 4 members (excludes halogenated alkanes) is 3. The number of carbonyl (C=O) groups excluding carboxylic acids is 1. The van der Waals surface area contributed by atoms with Crippen LogP contribution < -0.4 is 0 Å². The molecule has 1 heteroatoms. The highest BCUT2D eigenvalue weighted by Gasteiger charge is 2.04. The molecule has 0 aromatic rings. The second-order valence-corrected chi connectivity index (χ2v) is 4.26. The zero-order valence-corrected chi connectivity index (χ0v) is 10.2. The van der Waals surface area contributed by atoms with Gasteiger partial charge in [-0.3, -0.25) is 0 Å². The van der Waals surface area contributed by atoms with Crippen LogP contribution in [0, 0.1) is 5.92 Å². The molecule has 86 valence electrons. The van der Waals surface area contributed by atoms with E-state index in [0.29, 0.717) is 0 Å². The van der Waals surface area contributed by atoms with Gasteiger partial charge in [0.15, 0.2) is 0 Å². The van der Waals surface area contributed by atoms with Crippen LogP contribution in [-0.2, 0) is 4.79 Å². The molecule has 0 bridgehead atoms. The lowest BCUT2D eigenvalue weighted by Gasteiger charge is -2.05. The monoisotopic (exact) mass is 208 g/mol. The van der Waals surface area contributed by atoms with Crippen molar-refractivity contribution in [3.8, 4) is 0 Å². The molecule has 0 radical (unpaired) electrons. The van der Waals surface area contributed by atoms with Gasteiger partial charge in [0.1, 0.15) is 6.29 Å². The molecule has 0 spiro atoms. The largest absolute Gasteiger partial charge is 0.303 e. The molecule has 0 rings (SSSR count). The summed E-state index contributed by atoms with van der Waals surface area (Å²) in [6.45, 7) is 8.01. The fourth-order valence-corrected chi connectivity index (χ4v) is 1.54. The maximum absolute atomic E-state index is 10.7. The van der Waals surface area contributed by atoms with E-state index in [2.05, 4.69) is 25.7 Å². The van der Waals surface area contributed by atoms with Crippen molar-refractivity contribution in [1.29, 1.82) is 0 Å². The molecule has 0 aromatic carbocycles. The Morgan fingerprint density at radius 2 is 2.07 bits per heavy atom. The maximum atomic E-state index is 10.7. The summed E-state index contributed by atoms with van der Waals surface area (Å²) in [5, 5.41) is 0. The third kappa shape index (κ3) is 9.45. The normalized spacial score (nSPS) is 12.9. The minimum absolute atomic E-state index is 0.130. The topological polar surface area (TPSA) is 17.1 Å². The molecule has 0 saturated heterocycles. The summed E-state index contributed by atoms with van der Waals surface area (Å²) in [7, 11) is 0.